The minimum absolute atomic E-state index is 0.323. The lowest BCUT2D eigenvalue weighted by Gasteiger charge is -2.22. The van der Waals surface area contributed by atoms with Crippen molar-refractivity contribution in [2.75, 3.05) is 26.8 Å². The zero-order valence-corrected chi connectivity index (χ0v) is 13.2. The largest absolute Gasteiger partial charge is 0.381 e. The number of nitrogens with one attached hydrogen (secondary N) is 1. The van der Waals surface area contributed by atoms with Crippen molar-refractivity contribution in [3.63, 3.8) is 0 Å². The molecule has 4 rings (SSSR count). The van der Waals surface area contributed by atoms with E-state index in [9.17, 15) is 0 Å². The van der Waals surface area contributed by atoms with E-state index in [0.717, 1.165) is 63.0 Å². The summed E-state index contributed by atoms with van der Waals surface area (Å²) in [6, 6.07) is 0. The van der Waals surface area contributed by atoms with Crippen molar-refractivity contribution in [2.45, 2.75) is 38.8 Å². The maximum absolute atomic E-state index is 5.47. The third kappa shape index (κ3) is 2.24. The van der Waals surface area contributed by atoms with Crippen LogP contribution in [0.1, 0.15) is 36.3 Å². The molecular weight excluding hydrogens is 280 g/mol. The van der Waals surface area contributed by atoms with Crippen molar-refractivity contribution in [1.29, 1.82) is 0 Å². The molecule has 2 aromatic heterocycles. The standard InChI is InChI=1S/C15H22N6O/c1-3-21-15(16-14(19-21)10-5-7-22-9-10)13-11-8-20(2)6-4-12(11)17-18-13/h10H,3-9H2,1-2H3,(H,17,18). The first-order valence-electron chi connectivity index (χ1n) is 8.03. The summed E-state index contributed by atoms with van der Waals surface area (Å²) in [4.78, 5) is 7.13. The average Bonchev–Trinajstić information content (AvgIpc) is 3.24. The predicted octanol–water partition coefficient (Wildman–Crippen LogP) is 1.18. The minimum Gasteiger partial charge on any atom is -0.381 e. The summed E-state index contributed by atoms with van der Waals surface area (Å²) in [6.45, 7) is 6.42. The maximum atomic E-state index is 5.47. The highest BCUT2D eigenvalue weighted by Crippen LogP contribution is 2.29. The van der Waals surface area contributed by atoms with Crippen molar-refractivity contribution in [3.05, 3.63) is 17.1 Å². The Kier molecular flexibility index (Phi) is 3.46. The van der Waals surface area contributed by atoms with E-state index in [2.05, 4.69) is 29.1 Å². The molecular formula is C15H22N6O. The van der Waals surface area contributed by atoms with Gasteiger partial charge in [-0.05, 0) is 20.4 Å². The van der Waals surface area contributed by atoms with Gasteiger partial charge in [-0.25, -0.2) is 9.67 Å². The molecule has 2 aliphatic heterocycles. The third-order valence-corrected chi connectivity index (χ3v) is 4.62. The van der Waals surface area contributed by atoms with Gasteiger partial charge in [-0.3, -0.25) is 5.10 Å². The number of aromatic amines is 1. The fourth-order valence-electron chi connectivity index (χ4n) is 3.28. The van der Waals surface area contributed by atoms with Crippen LogP contribution >= 0.6 is 0 Å². The van der Waals surface area contributed by atoms with E-state index in [0.29, 0.717) is 5.92 Å². The lowest BCUT2D eigenvalue weighted by molar-refractivity contribution is 0.193. The molecule has 0 aliphatic carbocycles. The van der Waals surface area contributed by atoms with E-state index in [1.807, 2.05) is 4.68 Å². The Morgan fingerprint density at radius 3 is 3.09 bits per heavy atom. The van der Waals surface area contributed by atoms with Gasteiger partial charge in [0.2, 0.25) is 0 Å². The van der Waals surface area contributed by atoms with Crippen molar-refractivity contribution >= 4 is 0 Å². The first-order valence-corrected chi connectivity index (χ1v) is 8.03. The summed E-state index contributed by atoms with van der Waals surface area (Å²) in [6.07, 6.45) is 2.02. The van der Waals surface area contributed by atoms with Gasteiger partial charge in [0.15, 0.2) is 11.6 Å². The number of nitrogens with zero attached hydrogens (tertiary/aromatic N) is 5. The molecule has 0 saturated carbocycles. The normalized spacial score (nSPS) is 22.2. The fraction of sp³-hybridized carbons (Fsp3) is 0.667. The molecule has 0 spiro atoms. The Morgan fingerprint density at radius 2 is 2.32 bits per heavy atom. The number of hydrogen-bond acceptors (Lipinski definition) is 5. The van der Waals surface area contributed by atoms with E-state index in [1.165, 1.54) is 11.3 Å². The number of ether oxygens (including phenoxy) is 1. The smallest absolute Gasteiger partial charge is 0.179 e. The van der Waals surface area contributed by atoms with Crippen molar-refractivity contribution in [1.82, 2.24) is 29.9 Å². The molecule has 22 heavy (non-hydrogen) atoms. The molecule has 0 bridgehead atoms. The first-order chi connectivity index (χ1) is 10.8. The Morgan fingerprint density at radius 1 is 1.41 bits per heavy atom. The number of H-pyrrole nitrogens is 1. The molecule has 1 atom stereocenters. The summed E-state index contributed by atoms with van der Waals surface area (Å²) < 4.78 is 7.44. The van der Waals surface area contributed by atoms with Crippen LogP contribution in [-0.4, -0.2) is 56.7 Å². The van der Waals surface area contributed by atoms with E-state index in [4.69, 9.17) is 14.8 Å². The Balaban J connectivity index is 1.74. The second-order valence-corrected chi connectivity index (χ2v) is 6.19. The van der Waals surface area contributed by atoms with Gasteiger partial charge in [0.1, 0.15) is 5.69 Å². The average molecular weight is 302 g/mol. The number of aryl methyl sites for hydroxylation is 1. The molecule has 1 unspecified atom stereocenters. The van der Waals surface area contributed by atoms with Gasteiger partial charge in [-0.15, -0.1) is 0 Å². The highest BCUT2D eigenvalue weighted by atomic mass is 16.5. The number of rotatable bonds is 3. The van der Waals surface area contributed by atoms with Crippen LogP contribution in [0.4, 0.5) is 0 Å². The molecule has 1 N–H and O–H groups in total. The molecule has 4 heterocycles. The highest BCUT2D eigenvalue weighted by molar-refractivity contribution is 5.57. The number of aromatic nitrogens is 5. The van der Waals surface area contributed by atoms with E-state index in [-0.39, 0.29) is 0 Å². The second kappa shape index (κ2) is 5.48. The van der Waals surface area contributed by atoms with Crippen LogP contribution in [0.2, 0.25) is 0 Å². The van der Waals surface area contributed by atoms with Crippen LogP contribution < -0.4 is 0 Å². The molecule has 1 fully saturated rings. The van der Waals surface area contributed by atoms with Gasteiger partial charge in [-0.2, -0.15) is 10.2 Å². The van der Waals surface area contributed by atoms with E-state index in [1.54, 1.807) is 0 Å². The van der Waals surface area contributed by atoms with Gasteiger partial charge in [0.25, 0.3) is 0 Å². The van der Waals surface area contributed by atoms with Gasteiger partial charge < -0.3 is 9.64 Å². The molecule has 0 aromatic carbocycles. The first kappa shape index (κ1) is 13.9. The lowest BCUT2D eigenvalue weighted by Crippen LogP contribution is -2.26. The zero-order chi connectivity index (χ0) is 15.1. The van der Waals surface area contributed by atoms with Gasteiger partial charge >= 0.3 is 0 Å². The Labute approximate surface area is 129 Å². The fourth-order valence-corrected chi connectivity index (χ4v) is 3.28. The van der Waals surface area contributed by atoms with Crippen LogP contribution in [0.5, 0.6) is 0 Å². The number of fused-ring (bicyclic) bond motifs is 1. The van der Waals surface area contributed by atoms with Gasteiger partial charge in [0, 0.05) is 49.8 Å². The van der Waals surface area contributed by atoms with Crippen LogP contribution in [0.15, 0.2) is 0 Å². The van der Waals surface area contributed by atoms with Crippen LogP contribution in [0.25, 0.3) is 11.5 Å². The summed E-state index contributed by atoms with van der Waals surface area (Å²) >= 11 is 0. The van der Waals surface area contributed by atoms with Crippen LogP contribution in [0.3, 0.4) is 0 Å². The van der Waals surface area contributed by atoms with E-state index >= 15 is 0 Å². The zero-order valence-electron chi connectivity index (χ0n) is 13.2. The summed E-state index contributed by atoms with van der Waals surface area (Å²) in [7, 11) is 2.14. The lowest BCUT2D eigenvalue weighted by atomic mass is 10.1. The topological polar surface area (TPSA) is 71.9 Å². The molecule has 7 heteroatoms. The van der Waals surface area contributed by atoms with Crippen LogP contribution in [0, 0.1) is 0 Å². The number of likely N-dealkylation sites (N-methyl/N-ethyl adjacent to an activating group) is 1. The Hall–Kier alpha value is -1.73. The predicted molar refractivity (Wildman–Crippen MR) is 81.5 cm³/mol. The third-order valence-electron chi connectivity index (χ3n) is 4.62. The number of hydrogen-bond donors (Lipinski definition) is 1. The van der Waals surface area contributed by atoms with Crippen molar-refractivity contribution in [2.24, 2.45) is 0 Å². The summed E-state index contributed by atoms with van der Waals surface area (Å²) in [5.41, 5.74) is 3.47. The highest BCUT2D eigenvalue weighted by Gasteiger charge is 2.27. The molecule has 7 nitrogen and oxygen atoms in total. The monoisotopic (exact) mass is 302 g/mol. The molecule has 1 saturated heterocycles. The molecule has 2 aromatic rings. The second-order valence-electron chi connectivity index (χ2n) is 6.19. The SMILES string of the molecule is CCn1nc(C2CCOC2)nc1-c1n[nH]c2c1CN(C)CC2. The maximum Gasteiger partial charge on any atom is 0.179 e. The minimum atomic E-state index is 0.323. The summed E-state index contributed by atoms with van der Waals surface area (Å²) in [5.74, 6) is 2.11. The quantitative estimate of drug-likeness (QED) is 0.922. The molecule has 0 amide bonds. The summed E-state index contributed by atoms with van der Waals surface area (Å²) in [5, 5.41) is 12.4. The van der Waals surface area contributed by atoms with Crippen molar-refractivity contribution < 1.29 is 4.74 Å². The molecule has 118 valence electrons. The Bertz CT molecular complexity index is 670. The molecule has 2 aliphatic rings. The van der Waals surface area contributed by atoms with Crippen LogP contribution in [-0.2, 0) is 24.2 Å². The van der Waals surface area contributed by atoms with Gasteiger partial charge in [0.05, 0.1) is 6.61 Å². The molecule has 0 radical (unpaired) electrons. The van der Waals surface area contributed by atoms with Crippen molar-refractivity contribution in [3.8, 4) is 11.5 Å². The van der Waals surface area contributed by atoms with Gasteiger partial charge in [-0.1, -0.05) is 0 Å². The van der Waals surface area contributed by atoms with E-state index < -0.39 is 0 Å².